The number of halogens is 2. The third-order valence-electron chi connectivity index (χ3n) is 16.0. The number of quaternary nitrogens is 1. The summed E-state index contributed by atoms with van der Waals surface area (Å²) in [5, 5.41) is 27.3. The zero-order valence-corrected chi connectivity index (χ0v) is 47.0. The number of rotatable bonds is 19. The van der Waals surface area contributed by atoms with Gasteiger partial charge in [0, 0.05) is 143 Å². The number of fused-ring (bicyclic) bond motifs is 3. The van der Waals surface area contributed by atoms with E-state index in [0.717, 1.165) is 35.0 Å². The highest BCUT2D eigenvalue weighted by Gasteiger charge is 2.36. The zero-order valence-electron chi connectivity index (χ0n) is 47.0. The van der Waals surface area contributed by atoms with Gasteiger partial charge in [-0.1, -0.05) is 0 Å². The van der Waals surface area contributed by atoms with Crippen molar-refractivity contribution in [2.24, 2.45) is 13.0 Å². The Morgan fingerprint density at radius 1 is 0.938 bits per heavy atom. The van der Waals surface area contributed by atoms with E-state index >= 15 is 0 Å². The first-order valence-electron chi connectivity index (χ1n) is 27.9. The summed E-state index contributed by atoms with van der Waals surface area (Å²) in [6.07, 6.45) is 8.14. The molecule has 0 spiro atoms. The van der Waals surface area contributed by atoms with Crippen molar-refractivity contribution in [3.8, 4) is 11.5 Å². The maximum atomic E-state index is 14.8. The van der Waals surface area contributed by atoms with Gasteiger partial charge in [0.15, 0.2) is 18.2 Å². The van der Waals surface area contributed by atoms with Crippen molar-refractivity contribution in [3.05, 3.63) is 86.6 Å². The number of anilines is 5. The molecular weight excluding hydrogens is 1040 g/mol. The van der Waals surface area contributed by atoms with E-state index in [0.29, 0.717) is 167 Å². The molecule has 2 saturated heterocycles. The highest BCUT2D eigenvalue weighted by atomic mass is 19.3. The molecule has 0 atom stereocenters. The van der Waals surface area contributed by atoms with Crippen molar-refractivity contribution >= 4 is 75.4 Å². The standard InChI is InChI=1S/C57H73F2N15O7/c1-34-30-65-56(67-52(34)66-39-24-37-26-47(81-33-48(75)62-3)55(78)69(5)50(37)46(27-39)80-6)71-19-12-35(13-20-71)54(77)64-17-8-7-11-49(76)70-21-14-40(15-22-70)74-44-16-23-72(57(79)63-4)32-43(44)53(68-74)73-18-9-10-36-25-41(38(29-60)31-61-2)42(51(58)59)28-45(36)73/h24-31,35,40,51,60-61H,7-23,32-33H2,1-6H3,(H,62,75)(H,63,79)(H,64,77)(H,65,66,67)/p+1/b38-31+,60-29?. The van der Waals surface area contributed by atoms with Crippen molar-refractivity contribution in [2.45, 2.75) is 90.1 Å². The molecule has 22 nitrogen and oxygen atoms in total. The van der Waals surface area contributed by atoms with E-state index in [9.17, 15) is 32.8 Å². The van der Waals surface area contributed by atoms with E-state index < -0.39 is 12.0 Å². The highest BCUT2D eigenvalue weighted by molar-refractivity contribution is 6.08. The SMILES string of the molecule is CNC(=O)COc1cc2cc(Nc3nc(N4CCC(C(=O)NCCCCC(=O)N5CCC(n6nc(N7CCCc8cc(/C(C=N)=C/[NH2+]C)c(C(F)F)cc87)c7c6CCN(C(=O)NC)C7)CC5)CC4)ncc3C)cc(OC)c2n(C)c1=O. The van der Waals surface area contributed by atoms with Crippen LogP contribution in [0, 0.1) is 18.3 Å². The average Bonchev–Trinajstić information content (AvgIpc) is 4.15. The molecule has 0 aliphatic carbocycles. The number of likely N-dealkylation sites (N-methyl/N-ethyl adjacent to an activating group) is 1. The minimum atomic E-state index is -2.76. The molecule has 2 fully saturated rings. The summed E-state index contributed by atoms with van der Waals surface area (Å²) in [5.41, 5.74) is 5.72. The van der Waals surface area contributed by atoms with Crippen molar-refractivity contribution in [3.63, 3.8) is 0 Å². The number of methoxy groups -OCH3 is 1. The normalized spacial score (nSPS) is 16.0. The van der Waals surface area contributed by atoms with E-state index in [1.807, 2.05) is 22.8 Å². The number of pyridine rings is 1. The number of likely N-dealkylation sites (tertiary alicyclic amines) is 1. The van der Waals surface area contributed by atoms with Gasteiger partial charge in [-0.15, -0.1) is 0 Å². The lowest BCUT2D eigenvalue weighted by Crippen LogP contribution is -2.72. The molecule has 7 N–H and O–H groups in total. The molecule has 9 rings (SSSR count). The summed E-state index contributed by atoms with van der Waals surface area (Å²) in [6, 6.07) is 8.38. The van der Waals surface area contributed by atoms with Crippen LogP contribution in [0.4, 0.5) is 42.5 Å². The molecule has 0 unspecified atom stereocenters. The first-order valence-corrected chi connectivity index (χ1v) is 27.9. The van der Waals surface area contributed by atoms with Crippen LogP contribution in [0.15, 0.2) is 47.5 Å². The van der Waals surface area contributed by atoms with Crippen molar-refractivity contribution in [1.29, 1.82) is 5.41 Å². The lowest BCUT2D eigenvalue weighted by atomic mass is 9.92. The molecule has 5 amide bonds. The van der Waals surface area contributed by atoms with Gasteiger partial charge in [0.1, 0.15) is 17.8 Å². The molecule has 432 valence electrons. The lowest BCUT2D eigenvalue weighted by molar-refractivity contribution is -0.555. The Bertz CT molecular complexity index is 3270. The largest absolute Gasteiger partial charge is 0.494 e. The Kier molecular flexibility index (Phi) is 18.1. The number of unbranched alkanes of at least 4 members (excludes halogenated alkanes) is 1. The van der Waals surface area contributed by atoms with Crippen LogP contribution in [-0.4, -0.2) is 145 Å². The van der Waals surface area contributed by atoms with Gasteiger partial charge in [-0.25, -0.2) is 18.6 Å². The van der Waals surface area contributed by atoms with Gasteiger partial charge in [-0.2, -0.15) is 10.1 Å². The average molecular weight is 1120 g/mol. The van der Waals surface area contributed by atoms with Crippen LogP contribution in [0.25, 0.3) is 16.5 Å². The topological polar surface area (TPSA) is 254 Å². The second-order valence-electron chi connectivity index (χ2n) is 21.0. The number of allylic oxidation sites excluding steroid dienone is 1. The zero-order chi connectivity index (χ0) is 57.5. The van der Waals surface area contributed by atoms with E-state index in [1.54, 1.807) is 68.0 Å². The van der Waals surface area contributed by atoms with Gasteiger partial charge >= 0.3 is 6.03 Å². The number of ether oxygens (including phenoxy) is 2. The molecule has 3 aromatic heterocycles. The van der Waals surface area contributed by atoms with Crippen LogP contribution in [0.5, 0.6) is 11.5 Å². The number of nitrogens with zero attached hydrogens (tertiary/aromatic N) is 9. The van der Waals surface area contributed by atoms with E-state index in [2.05, 4.69) is 35.8 Å². The fraction of sp³-hybridized carbons (Fsp3) is 0.491. The third kappa shape index (κ3) is 12.4. The number of nitrogens with two attached hydrogens (primary N) is 1. The number of urea groups is 1. The Balaban J connectivity index is 0.758. The van der Waals surface area contributed by atoms with Crippen LogP contribution in [0.3, 0.4) is 0 Å². The smallest absolute Gasteiger partial charge is 0.317 e. The van der Waals surface area contributed by atoms with E-state index in [4.69, 9.17) is 25.0 Å². The predicted octanol–water partition coefficient (Wildman–Crippen LogP) is 4.98. The molecule has 2 aromatic carbocycles. The number of carbonyl (C=O) groups is 4. The number of nitrogens with one attached hydrogen (secondary N) is 5. The van der Waals surface area contributed by atoms with Crippen molar-refractivity contribution in [1.82, 2.24) is 50.1 Å². The summed E-state index contributed by atoms with van der Waals surface area (Å²) >= 11 is 0. The van der Waals surface area contributed by atoms with Crippen LogP contribution in [-0.2, 0) is 40.8 Å². The van der Waals surface area contributed by atoms with Crippen molar-refractivity contribution in [2.75, 3.05) is 95.8 Å². The van der Waals surface area contributed by atoms with Gasteiger partial charge < -0.3 is 65.6 Å². The first kappa shape index (κ1) is 57.5. The molecule has 0 saturated carbocycles. The van der Waals surface area contributed by atoms with Crippen LogP contribution < -0.4 is 51.4 Å². The number of hydrogen-bond acceptors (Lipinski definition) is 14. The van der Waals surface area contributed by atoms with Crippen molar-refractivity contribution < 1.29 is 42.7 Å². The fourth-order valence-electron chi connectivity index (χ4n) is 11.6. The fourth-order valence-corrected chi connectivity index (χ4v) is 11.6. The summed E-state index contributed by atoms with van der Waals surface area (Å²) in [6.45, 7) is 5.77. The number of carbonyl (C=O) groups excluding carboxylic acids is 4. The van der Waals surface area contributed by atoms with E-state index in [-0.39, 0.29) is 53.6 Å². The Hall–Kier alpha value is -8.15. The van der Waals surface area contributed by atoms with Gasteiger partial charge in [-0.3, -0.25) is 23.9 Å². The summed E-state index contributed by atoms with van der Waals surface area (Å²) in [4.78, 5) is 82.0. The molecule has 4 aliphatic heterocycles. The first-order chi connectivity index (χ1) is 39.1. The number of aryl methyl sites for hydroxylation is 3. The predicted molar refractivity (Wildman–Crippen MR) is 304 cm³/mol. The molecule has 7 heterocycles. The number of benzene rings is 2. The van der Waals surface area contributed by atoms with Gasteiger partial charge in [-0.05, 0) is 93.7 Å². The number of hydrogen-bond donors (Lipinski definition) is 6. The summed E-state index contributed by atoms with van der Waals surface area (Å²) in [7, 11) is 8.03. The van der Waals surface area contributed by atoms with Crippen LogP contribution in [0.2, 0.25) is 0 Å². The lowest BCUT2D eigenvalue weighted by Gasteiger charge is -2.34. The van der Waals surface area contributed by atoms with Gasteiger partial charge in [0.25, 0.3) is 17.9 Å². The number of alkyl halides is 2. The number of piperidine rings is 2. The van der Waals surface area contributed by atoms with Gasteiger partial charge in [0.2, 0.25) is 17.8 Å². The van der Waals surface area contributed by atoms with E-state index in [1.165, 1.54) is 18.7 Å². The molecule has 4 aliphatic rings. The molecule has 0 bridgehead atoms. The summed E-state index contributed by atoms with van der Waals surface area (Å²) < 4.78 is 44.3. The third-order valence-corrected chi connectivity index (χ3v) is 16.0. The van der Waals surface area contributed by atoms with Crippen LogP contribution in [0.1, 0.15) is 97.3 Å². The maximum absolute atomic E-state index is 14.8. The van der Waals surface area contributed by atoms with Crippen LogP contribution >= 0.6 is 0 Å². The number of aromatic nitrogens is 5. The summed E-state index contributed by atoms with van der Waals surface area (Å²) in [5.74, 6) is 1.80. The molecule has 0 radical (unpaired) electrons. The minimum Gasteiger partial charge on any atom is -0.494 e. The quantitative estimate of drug-likeness (QED) is 0.0472. The maximum Gasteiger partial charge on any atom is 0.317 e. The highest BCUT2D eigenvalue weighted by Crippen LogP contribution is 2.43. The number of amides is 5. The molecule has 24 heteroatoms. The minimum absolute atomic E-state index is 0.00150. The molecule has 5 aromatic rings. The second-order valence-corrected chi connectivity index (χ2v) is 21.0. The van der Waals surface area contributed by atoms with Gasteiger partial charge in [0.05, 0.1) is 37.8 Å². The molecular formula is C57H74F2N15O7+. The Labute approximate surface area is 469 Å². The Morgan fingerprint density at radius 2 is 1.72 bits per heavy atom. The Morgan fingerprint density at radius 3 is 2.42 bits per heavy atom. The molecule has 81 heavy (non-hydrogen) atoms. The second kappa shape index (κ2) is 25.5. The monoisotopic (exact) mass is 1120 g/mol.